The summed E-state index contributed by atoms with van der Waals surface area (Å²) < 4.78 is 40.3. The van der Waals surface area contributed by atoms with Crippen LogP contribution in [0.3, 0.4) is 0 Å². The average Bonchev–Trinajstić information content (AvgIpc) is 3.69. The summed E-state index contributed by atoms with van der Waals surface area (Å²) in [5.74, 6) is -0.0839. The molecule has 8 nitrogen and oxygen atoms in total. The van der Waals surface area contributed by atoms with E-state index in [1.54, 1.807) is 30.0 Å². The number of aliphatic hydroxyl groups is 1. The number of halogens is 4. The van der Waals surface area contributed by atoms with Crippen molar-refractivity contribution in [2.75, 3.05) is 25.0 Å². The van der Waals surface area contributed by atoms with Gasteiger partial charge < -0.3 is 24.6 Å². The van der Waals surface area contributed by atoms with E-state index in [-0.39, 0.29) is 47.0 Å². The SMILES string of the molecule is CNC(=O)c1cnc(N2CC(O)(c3ccc(OCc4c(-c5c(C)cc(F)cc5Cl)noc4C4CC4)cc3Cl)C2)c(F)c1. The molecular formula is C30H26Cl2F2N4O4. The van der Waals surface area contributed by atoms with Gasteiger partial charge in [0, 0.05) is 30.3 Å². The minimum atomic E-state index is -1.33. The van der Waals surface area contributed by atoms with Crippen molar-refractivity contribution in [3.63, 3.8) is 0 Å². The van der Waals surface area contributed by atoms with Gasteiger partial charge in [-0.15, -0.1) is 0 Å². The van der Waals surface area contributed by atoms with Gasteiger partial charge >= 0.3 is 0 Å². The lowest BCUT2D eigenvalue weighted by Crippen LogP contribution is -2.60. The third-order valence-electron chi connectivity index (χ3n) is 7.60. The van der Waals surface area contributed by atoms with Crippen LogP contribution in [-0.4, -0.2) is 41.3 Å². The molecule has 0 spiro atoms. The van der Waals surface area contributed by atoms with Crippen LogP contribution in [0.2, 0.25) is 10.0 Å². The molecule has 0 radical (unpaired) electrons. The quantitative estimate of drug-likeness (QED) is 0.245. The summed E-state index contributed by atoms with van der Waals surface area (Å²) in [5.41, 5.74) is 1.70. The Hall–Kier alpha value is -3.73. The van der Waals surface area contributed by atoms with Crippen molar-refractivity contribution in [2.24, 2.45) is 0 Å². The molecule has 1 aliphatic heterocycles. The minimum Gasteiger partial charge on any atom is -0.489 e. The summed E-state index contributed by atoms with van der Waals surface area (Å²) in [4.78, 5) is 17.4. The van der Waals surface area contributed by atoms with Gasteiger partial charge in [0.15, 0.2) is 11.6 Å². The van der Waals surface area contributed by atoms with Crippen LogP contribution >= 0.6 is 23.2 Å². The maximum atomic E-state index is 14.6. The van der Waals surface area contributed by atoms with Gasteiger partial charge in [-0.05, 0) is 55.7 Å². The second kappa shape index (κ2) is 10.8. The summed E-state index contributed by atoms with van der Waals surface area (Å²) in [6.45, 7) is 1.99. The summed E-state index contributed by atoms with van der Waals surface area (Å²) >= 11 is 13.0. The van der Waals surface area contributed by atoms with Crippen molar-refractivity contribution in [1.82, 2.24) is 15.5 Å². The highest BCUT2D eigenvalue weighted by molar-refractivity contribution is 6.33. The van der Waals surface area contributed by atoms with Gasteiger partial charge in [0.2, 0.25) is 0 Å². The number of ether oxygens (including phenoxy) is 1. The van der Waals surface area contributed by atoms with Crippen LogP contribution in [0.1, 0.15) is 51.6 Å². The van der Waals surface area contributed by atoms with E-state index < -0.39 is 23.1 Å². The molecule has 0 atom stereocenters. The lowest BCUT2D eigenvalue weighted by Gasteiger charge is -2.47. The van der Waals surface area contributed by atoms with Crippen molar-refractivity contribution < 1.29 is 27.9 Å². The van der Waals surface area contributed by atoms with Crippen molar-refractivity contribution in [1.29, 1.82) is 0 Å². The average molecular weight is 615 g/mol. The van der Waals surface area contributed by atoms with E-state index in [0.717, 1.165) is 30.2 Å². The minimum absolute atomic E-state index is 0.0379. The van der Waals surface area contributed by atoms with Crippen LogP contribution in [0, 0.1) is 18.6 Å². The van der Waals surface area contributed by atoms with Crippen molar-refractivity contribution in [2.45, 2.75) is 37.9 Å². The molecule has 0 bridgehead atoms. The number of hydrogen-bond acceptors (Lipinski definition) is 7. The maximum Gasteiger partial charge on any atom is 0.252 e. The van der Waals surface area contributed by atoms with E-state index in [0.29, 0.717) is 28.1 Å². The molecule has 0 unspecified atom stereocenters. The van der Waals surface area contributed by atoms with E-state index in [1.807, 2.05) is 0 Å². The zero-order chi connectivity index (χ0) is 29.8. The first-order valence-corrected chi connectivity index (χ1v) is 14.1. The van der Waals surface area contributed by atoms with Gasteiger partial charge in [0.05, 0.1) is 34.3 Å². The monoisotopic (exact) mass is 614 g/mol. The predicted octanol–water partition coefficient (Wildman–Crippen LogP) is 6.15. The van der Waals surface area contributed by atoms with Crippen LogP contribution in [-0.2, 0) is 12.2 Å². The van der Waals surface area contributed by atoms with Gasteiger partial charge in [0.1, 0.15) is 35.2 Å². The molecule has 2 aliphatic rings. The number of hydrogen-bond donors (Lipinski definition) is 2. The van der Waals surface area contributed by atoms with Crippen molar-refractivity contribution >= 4 is 34.9 Å². The van der Waals surface area contributed by atoms with Gasteiger partial charge in [-0.3, -0.25) is 4.79 Å². The van der Waals surface area contributed by atoms with Gasteiger partial charge in [0.25, 0.3) is 5.91 Å². The second-order valence-corrected chi connectivity index (χ2v) is 11.5. The highest BCUT2D eigenvalue weighted by Crippen LogP contribution is 2.46. The Morgan fingerprint density at radius 2 is 1.95 bits per heavy atom. The molecule has 12 heteroatoms. The summed E-state index contributed by atoms with van der Waals surface area (Å²) in [6.07, 6.45) is 3.24. The Bertz CT molecular complexity index is 1680. The first-order chi connectivity index (χ1) is 20.1. The zero-order valence-corrected chi connectivity index (χ0v) is 24.2. The smallest absolute Gasteiger partial charge is 0.252 e. The number of amides is 1. The highest BCUT2D eigenvalue weighted by atomic mass is 35.5. The summed E-state index contributed by atoms with van der Waals surface area (Å²) in [5, 5.41) is 18.4. The third kappa shape index (κ3) is 5.19. The summed E-state index contributed by atoms with van der Waals surface area (Å²) in [6, 6.07) is 8.72. The van der Waals surface area contributed by atoms with Gasteiger partial charge in [-0.25, -0.2) is 13.8 Å². The molecule has 1 saturated carbocycles. The van der Waals surface area contributed by atoms with Crippen molar-refractivity contribution in [3.05, 3.63) is 92.3 Å². The first kappa shape index (κ1) is 28.4. The fourth-order valence-electron chi connectivity index (χ4n) is 5.28. The van der Waals surface area contributed by atoms with E-state index in [2.05, 4.69) is 15.5 Å². The predicted molar refractivity (Wildman–Crippen MR) is 153 cm³/mol. The fourth-order valence-corrected chi connectivity index (χ4v) is 5.97. The molecule has 42 heavy (non-hydrogen) atoms. The Morgan fingerprint density at radius 3 is 2.60 bits per heavy atom. The van der Waals surface area contributed by atoms with Gasteiger partial charge in [-0.1, -0.05) is 34.4 Å². The molecule has 6 rings (SSSR count). The standard InChI is InChI=1S/C30H26Cl2F2N4O4/c1-15-7-18(33)9-23(32)25(15)26-20(27(42-37-26)16-3-4-16)12-41-19-5-6-21(22(31)10-19)30(40)13-38(14-30)28-24(34)8-17(11-36-28)29(39)35-2/h5-11,16,40H,3-4,12-14H2,1-2H3,(H,35,39). The van der Waals surface area contributed by atoms with Crippen LogP contribution in [0.25, 0.3) is 11.3 Å². The molecule has 1 amide bonds. The molecule has 218 valence electrons. The highest BCUT2D eigenvalue weighted by Gasteiger charge is 2.45. The molecule has 4 aromatic rings. The van der Waals surface area contributed by atoms with E-state index in [1.165, 1.54) is 25.4 Å². The Balaban J connectivity index is 1.18. The zero-order valence-electron chi connectivity index (χ0n) is 22.7. The van der Waals surface area contributed by atoms with Crippen molar-refractivity contribution in [3.8, 4) is 17.0 Å². The number of aromatic nitrogens is 2. The lowest BCUT2D eigenvalue weighted by molar-refractivity contribution is 0.00671. The maximum absolute atomic E-state index is 14.6. The largest absolute Gasteiger partial charge is 0.489 e. The van der Waals surface area contributed by atoms with Crippen LogP contribution < -0.4 is 15.0 Å². The second-order valence-electron chi connectivity index (χ2n) is 10.7. The van der Waals surface area contributed by atoms with E-state index in [9.17, 15) is 18.7 Å². The number of rotatable bonds is 8. The number of aryl methyl sites for hydroxylation is 1. The molecule has 1 saturated heterocycles. The number of carbonyl (C=O) groups excluding carboxylic acids is 1. The molecule has 2 aromatic heterocycles. The number of nitrogens with one attached hydrogen (secondary N) is 1. The van der Waals surface area contributed by atoms with Gasteiger partial charge in [-0.2, -0.15) is 0 Å². The molecule has 3 heterocycles. The number of anilines is 1. The third-order valence-corrected chi connectivity index (χ3v) is 8.21. The molecule has 2 N–H and O–H groups in total. The molecule has 2 aromatic carbocycles. The number of carbonyl (C=O) groups is 1. The first-order valence-electron chi connectivity index (χ1n) is 13.3. The molecule has 1 aliphatic carbocycles. The normalized spacial score (nSPS) is 15.8. The fraction of sp³-hybridized carbons (Fsp3) is 0.300. The Labute approximate surface area is 250 Å². The summed E-state index contributed by atoms with van der Waals surface area (Å²) in [7, 11) is 1.45. The number of β-amino-alcohol motifs (C(OH)–C–C–N with tert-alkyl or cyclic N) is 1. The Morgan fingerprint density at radius 1 is 1.19 bits per heavy atom. The molecular weight excluding hydrogens is 589 g/mol. The number of benzene rings is 2. The van der Waals surface area contributed by atoms with Crippen LogP contribution in [0.5, 0.6) is 5.75 Å². The number of pyridine rings is 1. The van der Waals surface area contributed by atoms with Crippen LogP contribution in [0.15, 0.2) is 47.1 Å². The molecule has 2 fully saturated rings. The number of nitrogens with zero attached hydrogens (tertiary/aromatic N) is 3. The van der Waals surface area contributed by atoms with E-state index >= 15 is 0 Å². The Kier molecular flexibility index (Phi) is 7.32. The van der Waals surface area contributed by atoms with Crippen LogP contribution in [0.4, 0.5) is 14.6 Å². The topological polar surface area (TPSA) is 101 Å². The van der Waals surface area contributed by atoms with E-state index in [4.69, 9.17) is 32.5 Å². The lowest BCUT2D eigenvalue weighted by atomic mass is 9.86.